The zero-order chi connectivity index (χ0) is 13.1. The summed E-state index contributed by atoms with van der Waals surface area (Å²) in [5.41, 5.74) is 0.275. The van der Waals surface area contributed by atoms with Gasteiger partial charge in [-0.2, -0.15) is 0 Å². The van der Waals surface area contributed by atoms with E-state index < -0.39 is 0 Å². The van der Waals surface area contributed by atoms with Crippen LogP contribution in [0, 0.1) is 5.92 Å². The largest absolute Gasteiger partial charge is 0.507 e. The number of rotatable bonds is 3. The molecule has 2 rings (SSSR count). The highest BCUT2D eigenvalue weighted by Gasteiger charge is 2.23. The lowest BCUT2D eigenvalue weighted by atomic mass is 10.1. The number of aliphatic hydroxyl groups is 1. The molecule has 0 aliphatic heterocycles. The van der Waals surface area contributed by atoms with E-state index >= 15 is 0 Å². The fraction of sp³-hybridized carbons (Fsp3) is 0.462. The van der Waals surface area contributed by atoms with Gasteiger partial charge in [-0.1, -0.05) is 15.9 Å². The highest BCUT2D eigenvalue weighted by Crippen LogP contribution is 2.25. The van der Waals surface area contributed by atoms with Crippen molar-refractivity contribution in [2.75, 3.05) is 6.54 Å². The average Bonchev–Trinajstić information content (AvgIpc) is 2.72. The number of benzene rings is 1. The summed E-state index contributed by atoms with van der Waals surface area (Å²) in [6.07, 6.45) is 2.26. The second-order valence-electron chi connectivity index (χ2n) is 4.70. The van der Waals surface area contributed by atoms with Gasteiger partial charge >= 0.3 is 0 Å². The van der Waals surface area contributed by atoms with Gasteiger partial charge in [0.15, 0.2) is 0 Å². The maximum atomic E-state index is 11.9. The van der Waals surface area contributed by atoms with E-state index in [1.165, 1.54) is 6.07 Å². The molecular weight excluding hydrogens is 298 g/mol. The summed E-state index contributed by atoms with van der Waals surface area (Å²) in [7, 11) is 0. The quantitative estimate of drug-likeness (QED) is 0.800. The van der Waals surface area contributed by atoms with Crippen molar-refractivity contribution in [1.82, 2.24) is 5.32 Å². The van der Waals surface area contributed by atoms with E-state index in [1.807, 2.05) is 0 Å². The van der Waals surface area contributed by atoms with Crippen LogP contribution >= 0.6 is 15.9 Å². The standard InChI is InChI=1S/C13H16BrNO3/c14-9-2-4-11(12(17)6-9)13(18)15-7-8-1-3-10(16)5-8/h2,4,6,8,10,16-17H,1,3,5,7H2,(H,15,18). The Labute approximate surface area is 114 Å². The van der Waals surface area contributed by atoms with Gasteiger partial charge in [-0.15, -0.1) is 0 Å². The van der Waals surface area contributed by atoms with E-state index in [1.54, 1.807) is 12.1 Å². The van der Waals surface area contributed by atoms with Crippen molar-refractivity contribution in [2.24, 2.45) is 5.92 Å². The number of aromatic hydroxyl groups is 1. The molecule has 1 fully saturated rings. The zero-order valence-corrected chi connectivity index (χ0v) is 11.5. The molecule has 1 saturated carbocycles. The van der Waals surface area contributed by atoms with Crippen molar-refractivity contribution in [3.63, 3.8) is 0 Å². The monoisotopic (exact) mass is 313 g/mol. The molecule has 0 radical (unpaired) electrons. The Bertz CT molecular complexity index is 450. The first-order valence-electron chi connectivity index (χ1n) is 6.01. The Morgan fingerprint density at radius 2 is 2.22 bits per heavy atom. The Morgan fingerprint density at radius 3 is 2.83 bits per heavy atom. The molecule has 4 nitrogen and oxygen atoms in total. The smallest absolute Gasteiger partial charge is 0.255 e. The van der Waals surface area contributed by atoms with Crippen LogP contribution in [0.15, 0.2) is 22.7 Å². The van der Waals surface area contributed by atoms with Crippen LogP contribution in [-0.2, 0) is 0 Å². The predicted molar refractivity (Wildman–Crippen MR) is 71.5 cm³/mol. The van der Waals surface area contributed by atoms with Gasteiger partial charge in [0.1, 0.15) is 5.75 Å². The highest BCUT2D eigenvalue weighted by molar-refractivity contribution is 9.10. The normalized spacial score (nSPS) is 23.0. The minimum absolute atomic E-state index is 0.0340. The van der Waals surface area contributed by atoms with E-state index in [9.17, 15) is 15.0 Å². The van der Waals surface area contributed by atoms with E-state index in [0.29, 0.717) is 12.5 Å². The first-order chi connectivity index (χ1) is 8.56. The van der Waals surface area contributed by atoms with Gasteiger partial charge in [0.2, 0.25) is 0 Å². The third-order valence-electron chi connectivity index (χ3n) is 3.27. The molecule has 2 unspecified atom stereocenters. The average molecular weight is 314 g/mol. The maximum absolute atomic E-state index is 11.9. The molecule has 1 aromatic carbocycles. The Morgan fingerprint density at radius 1 is 1.44 bits per heavy atom. The summed E-state index contributed by atoms with van der Waals surface area (Å²) in [5, 5.41) is 21.9. The number of carbonyl (C=O) groups is 1. The molecule has 0 aromatic heterocycles. The van der Waals surface area contributed by atoms with Crippen molar-refractivity contribution in [1.29, 1.82) is 0 Å². The molecule has 2 atom stereocenters. The molecule has 98 valence electrons. The Balaban J connectivity index is 1.91. The molecule has 1 aromatic rings. The van der Waals surface area contributed by atoms with Crippen LogP contribution in [0.5, 0.6) is 5.75 Å². The second-order valence-corrected chi connectivity index (χ2v) is 5.62. The number of hydrogen-bond donors (Lipinski definition) is 3. The highest BCUT2D eigenvalue weighted by atomic mass is 79.9. The van der Waals surface area contributed by atoms with Gasteiger partial charge in [-0.3, -0.25) is 4.79 Å². The van der Waals surface area contributed by atoms with Crippen LogP contribution < -0.4 is 5.32 Å². The lowest BCUT2D eigenvalue weighted by molar-refractivity contribution is 0.0942. The van der Waals surface area contributed by atoms with E-state index in [-0.39, 0.29) is 23.3 Å². The third kappa shape index (κ3) is 3.23. The van der Waals surface area contributed by atoms with E-state index in [2.05, 4.69) is 21.2 Å². The van der Waals surface area contributed by atoms with Gasteiger partial charge in [0.25, 0.3) is 5.91 Å². The third-order valence-corrected chi connectivity index (χ3v) is 3.76. The summed E-state index contributed by atoms with van der Waals surface area (Å²) in [6, 6.07) is 4.79. The maximum Gasteiger partial charge on any atom is 0.255 e. The van der Waals surface area contributed by atoms with Crippen LogP contribution in [0.1, 0.15) is 29.6 Å². The van der Waals surface area contributed by atoms with Crippen molar-refractivity contribution < 1.29 is 15.0 Å². The van der Waals surface area contributed by atoms with Crippen molar-refractivity contribution in [3.8, 4) is 5.75 Å². The lowest BCUT2D eigenvalue weighted by Crippen LogP contribution is -2.28. The lowest BCUT2D eigenvalue weighted by Gasteiger charge is -2.11. The summed E-state index contributed by atoms with van der Waals surface area (Å²) in [4.78, 5) is 11.9. The summed E-state index contributed by atoms with van der Waals surface area (Å²) < 4.78 is 0.732. The molecule has 0 saturated heterocycles. The number of hydrogen-bond acceptors (Lipinski definition) is 3. The number of phenolic OH excluding ortho intramolecular Hbond substituents is 1. The molecule has 0 heterocycles. The summed E-state index contributed by atoms with van der Waals surface area (Å²) in [6.45, 7) is 0.547. The number of aliphatic hydroxyl groups excluding tert-OH is 1. The molecule has 18 heavy (non-hydrogen) atoms. The van der Waals surface area contributed by atoms with E-state index in [0.717, 1.165) is 23.7 Å². The fourth-order valence-electron chi connectivity index (χ4n) is 2.26. The minimum Gasteiger partial charge on any atom is -0.507 e. The number of nitrogens with one attached hydrogen (secondary N) is 1. The molecule has 0 spiro atoms. The number of carbonyl (C=O) groups excluding carboxylic acids is 1. The van der Waals surface area contributed by atoms with Crippen molar-refractivity contribution >= 4 is 21.8 Å². The predicted octanol–water partition coefficient (Wildman–Crippen LogP) is 2.05. The molecule has 3 N–H and O–H groups in total. The summed E-state index contributed by atoms with van der Waals surface area (Å²) >= 11 is 3.23. The molecule has 1 aliphatic rings. The van der Waals surface area contributed by atoms with Crippen LogP contribution in [0.25, 0.3) is 0 Å². The topological polar surface area (TPSA) is 69.6 Å². The SMILES string of the molecule is O=C(NCC1CCC(O)C1)c1ccc(Br)cc1O. The van der Waals surface area contributed by atoms with Crippen LogP contribution in [0.4, 0.5) is 0 Å². The molecule has 5 heteroatoms. The van der Waals surface area contributed by atoms with Gasteiger partial charge in [-0.25, -0.2) is 0 Å². The van der Waals surface area contributed by atoms with Gasteiger partial charge in [0.05, 0.1) is 11.7 Å². The van der Waals surface area contributed by atoms with Crippen LogP contribution in [0.3, 0.4) is 0 Å². The van der Waals surface area contributed by atoms with Crippen molar-refractivity contribution in [2.45, 2.75) is 25.4 Å². The van der Waals surface area contributed by atoms with Gasteiger partial charge < -0.3 is 15.5 Å². The Kier molecular flexibility index (Phi) is 4.24. The van der Waals surface area contributed by atoms with Gasteiger partial charge in [0, 0.05) is 11.0 Å². The van der Waals surface area contributed by atoms with Crippen LogP contribution in [-0.4, -0.2) is 28.8 Å². The molecular formula is C13H16BrNO3. The molecule has 1 aliphatic carbocycles. The number of amides is 1. The second kappa shape index (κ2) is 5.71. The minimum atomic E-state index is -0.276. The van der Waals surface area contributed by atoms with E-state index in [4.69, 9.17) is 0 Å². The van der Waals surface area contributed by atoms with Crippen LogP contribution in [0.2, 0.25) is 0 Å². The molecule has 0 bridgehead atoms. The van der Waals surface area contributed by atoms with Gasteiger partial charge in [-0.05, 0) is 43.4 Å². The first kappa shape index (κ1) is 13.4. The first-order valence-corrected chi connectivity index (χ1v) is 6.80. The fourth-order valence-corrected chi connectivity index (χ4v) is 2.61. The zero-order valence-electron chi connectivity index (χ0n) is 9.90. The number of phenols is 1. The molecule has 1 amide bonds. The summed E-state index contributed by atoms with van der Waals surface area (Å²) in [5.74, 6) is 0.0243. The Hall–Kier alpha value is -1.07. The number of halogens is 1. The van der Waals surface area contributed by atoms with Crippen molar-refractivity contribution in [3.05, 3.63) is 28.2 Å².